The number of benzene rings is 1. The van der Waals surface area contributed by atoms with Crippen LogP contribution in [0.3, 0.4) is 0 Å². The van der Waals surface area contributed by atoms with Crippen molar-refractivity contribution in [1.82, 2.24) is 0 Å². The summed E-state index contributed by atoms with van der Waals surface area (Å²) in [6.07, 6.45) is 17.1. The predicted molar refractivity (Wildman–Crippen MR) is 148 cm³/mol. The molecular weight excluding hydrogens is 424 g/mol. The van der Waals surface area contributed by atoms with Gasteiger partial charge in [0.2, 0.25) is 0 Å². The van der Waals surface area contributed by atoms with Gasteiger partial charge in [0, 0.05) is 6.42 Å². The average Bonchev–Trinajstić information content (AvgIpc) is 3.17. The fourth-order valence-electron chi connectivity index (χ4n) is 10.5. The smallest absolute Gasteiger partial charge is 0.0691 e. The summed E-state index contributed by atoms with van der Waals surface area (Å²) in [4.78, 5) is 0. The van der Waals surface area contributed by atoms with E-state index in [0.29, 0.717) is 16.7 Å². The van der Waals surface area contributed by atoms with Crippen LogP contribution < -0.4 is 0 Å². The maximum atomic E-state index is 11.7. The summed E-state index contributed by atoms with van der Waals surface area (Å²) < 4.78 is 0. The molecule has 4 fully saturated rings. The van der Waals surface area contributed by atoms with Crippen molar-refractivity contribution >= 4 is 0 Å². The zero-order valence-corrected chi connectivity index (χ0v) is 23.6. The Labute approximate surface area is 216 Å². The third-order valence-corrected chi connectivity index (χ3v) is 12.4. The summed E-state index contributed by atoms with van der Waals surface area (Å²) in [6, 6.07) is 10.7. The first kappa shape index (κ1) is 25.8. The molecule has 1 nitrogen and oxygen atoms in total. The minimum Gasteiger partial charge on any atom is -0.390 e. The van der Waals surface area contributed by atoms with E-state index in [9.17, 15) is 5.11 Å². The van der Waals surface area contributed by atoms with Crippen LogP contribution in [0, 0.1) is 52.3 Å². The van der Waals surface area contributed by atoms with Gasteiger partial charge in [-0.1, -0.05) is 84.2 Å². The molecule has 4 aliphatic rings. The van der Waals surface area contributed by atoms with E-state index in [1.807, 2.05) is 0 Å². The molecule has 0 aliphatic heterocycles. The van der Waals surface area contributed by atoms with E-state index in [1.165, 1.54) is 69.8 Å². The SMILES string of the molecule is CC(C)CCC[C@@H](C)[C@H]1CC[C@H]2[C@@H]3CC[C@H]4CC(O)(Cc5ccccc5)CC[C@]4(C)[C@H]3CC[C@]12C. The molecule has 5 rings (SSSR count). The Morgan fingerprint density at radius 1 is 0.829 bits per heavy atom. The predicted octanol–water partition coefficient (Wildman–Crippen LogP) is 9.08. The standard InChI is InChI=1S/C34H54O/c1-24(2)10-9-11-25(3)29-16-17-30-28-15-14-27-23-34(35,22-26-12-7-6-8-13-26)21-20-32(27,4)31(28)18-19-33(29,30)5/h6-8,12-13,24-25,27-31,35H,9-11,14-23H2,1-5H3/t25-,27+,28+,29-,30+,31+,32+,33-,34?/m1/s1. The van der Waals surface area contributed by atoms with E-state index in [0.717, 1.165) is 54.8 Å². The lowest BCUT2D eigenvalue weighted by molar-refractivity contribution is -0.152. The molecule has 0 heterocycles. The second kappa shape index (κ2) is 9.81. The zero-order valence-electron chi connectivity index (χ0n) is 23.6. The molecule has 0 spiro atoms. The highest BCUT2D eigenvalue weighted by molar-refractivity contribution is 5.19. The van der Waals surface area contributed by atoms with Crippen LogP contribution >= 0.6 is 0 Å². The second-order valence-electron chi connectivity index (χ2n) is 14.8. The van der Waals surface area contributed by atoms with Crippen molar-refractivity contribution < 1.29 is 5.11 Å². The molecular formula is C34H54O. The first-order valence-corrected chi connectivity index (χ1v) is 15.4. The topological polar surface area (TPSA) is 20.2 Å². The largest absolute Gasteiger partial charge is 0.390 e. The van der Waals surface area contributed by atoms with Gasteiger partial charge in [0.15, 0.2) is 0 Å². The van der Waals surface area contributed by atoms with Crippen LogP contribution in [0.25, 0.3) is 0 Å². The molecule has 1 unspecified atom stereocenters. The highest BCUT2D eigenvalue weighted by Gasteiger charge is 2.61. The minimum atomic E-state index is -0.495. The summed E-state index contributed by atoms with van der Waals surface area (Å²) in [5.41, 5.74) is 1.85. The highest BCUT2D eigenvalue weighted by atomic mass is 16.3. The van der Waals surface area contributed by atoms with Crippen LogP contribution in [0.4, 0.5) is 0 Å². The number of aliphatic hydroxyl groups is 1. The lowest BCUT2D eigenvalue weighted by Gasteiger charge is -2.62. The number of hydrogen-bond acceptors (Lipinski definition) is 1. The fraction of sp³-hybridized carbons (Fsp3) is 0.824. The van der Waals surface area contributed by atoms with Crippen molar-refractivity contribution in [2.45, 2.75) is 124 Å². The van der Waals surface area contributed by atoms with Gasteiger partial charge in [-0.3, -0.25) is 0 Å². The number of rotatable bonds is 7. The van der Waals surface area contributed by atoms with Gasteiger partial charge in [-0.2, -0.15) is 0 Å². The van der Waals surface area contributed by atoms with Crippen LogP contribution in [0.15, 0.2) is 30.3 Å². The zero-order chi connectivity index (χ0) is 24.8. The molecule has 0 amide bonds. The van der Waals surface area contributed by atoms with Gasteiger partial charge in [0.1, 0.15) is 0 Å². The Balaban J connectivity index is 1.26. The average molecular weight is 479 g/mol. The maximum absolute atomic E-state index is 11.7. The van der Waals surface area contributed by atoms with Gasteiger partial charge in [0.05, 0.1) is 5.60 Å². The van der Waals surface area contributed by atoms with E-state index in [4.69, 9.17) is 0 Å². The molecule has 35 heavy (non-hydrogen) atoms. The second-order valence-corrected chi connectivity index (χ2v) is 14.8. The first-order valence-electron chi connectivity index (χ1n) is 15.4. The van der Waals surface area contributed by atoms with E-state index < -0.39 is 5.60 Å². The van der Waals surface area contributed by atoms with E-state index in [-0.39, 0.29) is 0 Å². The lowest BCUT2D eigenvalue weighted by Crippen LogP contribution is -2.56. The van der Waals surface area contributed by atoms with Gasteiger partial charge < -0.3 is 5.11 Å². The quantitative estimate of drug-likeness (QED) is 0.414. The normalized spacial score (nSPS) is 43.9. The van der Waals surface area contributed by atoms with Crippen LogP contribution in [0.2, 0.25) is 0 Å². The molecule has 0 aromatic heterocycles. The lowest BCUT2D eigenvalue weighted by atomic mass is 9.43. The van der Waals surface area contributed by atoms with Crippen molar-refractivity contribution in [3.63, 3.8) is 0 Å². The van der Waals surface area contributed by atoms with Gasteiger partial charge in [-0.15, -0.1) is 0 Å². The van der Waals surface area contributed by atoms with Gasteiger partial charge in [0.25, 0.3) is 0 Å². The van der Waals surface area contributed by atoms with Crippen molar-refractivity contribution in [3.8, 4) is 0 Å². The number of hydrogen-bond donors (Lipinski definition) is 1. The van der Waals surface area contributed by atoms with E-state index in [2.05, 4.69) is 65.0 Å². The highest BCUT2D eigenvalue weighted by Crippen LogP contribution is 2.69. The van der Waals surface area contributed by atoms with Crippen LogP contribution in [0.1, 0.15) is 117 Å². The Morgan fingerprint density at radius 3 is 2.31 bits per heavy atom. The van der Waals surface area contributed by atoms with Gasteiger partial charge in [-0.05, 0) is 116 Å². The molecule has 1 aromatic carbocycles. The van der Waals surface area contributed by atoms with Crippen LogP contribution in [0.5, 0.6) is 0 Å². The summed E-state index contributed by atoms with van der Waals surface area (Å²) >= 11 is 0. The molecule has 196 valence electrons. The fourth-order valence-corrected chi connectivity index (χ4v) is 10.5. The molecule has 4 aliphatic carbocycles. The third kappa shape index (κ3) is 4.78. The van der Waals surface area contributed by atoms with Crippen molar-refractivity contribution in [1.29, 1.82) is 0 Å². The Hall–Kier alpha value is -0.820. The summed E-state index contributed by atoms with van der Waals surface area (Å²) in [5.74, 6) is 6.22. The molecule has 1 aromatic rings. The number of fused-ring (bicyclic) bond motifs is 5. The Kier molecular flexibility index (Phi) is 7.24. The van der Waals surface area contributed by atoms with Crippen LogP contribution in [-0.2, 0) is 6.42 Å². The molecule has 4 saturated carbocycles. The van der Waals surface area contributed by atoms with Gasteiger partial charge in [-0.25, -0.2) is 0 Å². The summed E-state index contributed by atoms with van der Waals surface area (Å²) in [5, 5.41) is 11.7. The molecule has 0 saturated heterocycles. The van der Waals surface area contributed by atoms with E-state index >= 15 is 0 Å². The summed E-state index contributed by atoms with van der Waals surface area (Å²) in [7, 11) is 0. The molecule has 1 N–H and O–H groups in total. The van der Waals surface area contributed by atoms with Crippen molar-refractivity contribution in [2.75, 3.05) is 0 Å². The molecule has 1 heteroatoms. The maximum Gasteiger partial charge on any atom is 0.0691 e. The van der Waals surface area contributed by atoms with Crippen molar-refractivity contribution in [2.24, 2.45) is 52.3 Å². The summed E-state index contributed by atoms with van der Waals surface area (Å²) in [6.45, 7) is 12.7. The Morgan fingerprint density at radius 2 is 1.57 bits per heavy atom. The van der Waals surface area contributed by atoms with Gasteiger partial charge >= 0.3 is 0 Å². The van der Waals surface area contributed by atoms with Crippen molar-refractivity contribution in [3.05, 3.63) is 35.9 Å². The first-order chi connectivity index (χ1) is 16.6. The Bertz CT molecular complexity index is 845. The monoisotopic (exact) mass is 478 g/mol. The van der Waals surface area contributed by atoms with E-state index in [1.54, 1.807) is 0 Å². The molecule has 9 atom stereocenters. The third-order valence-electron chi connectivity index (χ3n) is 12.4. The molecule has 0 radical (unpaired) electrons. The van der Waals surface area contributed by atoms with Crippen LogP contribution in [-0.4, -0.2) is 10.7 Å². The molecule has 0 bridgehead atoms. The minimum absolute atomic E-state index is 0.453.